The van der Waals surface area contributed by atoms with Gasteiger partial charge in [-0.05, 0) is 25.3 Å². The van der Waals surface area contributed by atoms with Crippen molar-refractivity contribution in [3.63, 3.8) is 0 Å². The van der Waals surface area contributed by atoms with E-state index in [1.54, 1.807) is 6.92 Å². The van der Waals surface area contributed by atoms with Crippen LogP contribution in [0.1, 0.15) is 44.3 Å². The molecule has 1 fully saturated rings. The third-order valence-corrected chi connectivity index (χ3v) is 3.85. The van der Waals surface area contributed by atoms with Gasteiger partial charge in [0.15, 0.2) is 0 Å². The van der Waals surface area contributed by atoms with Crippen molar-refractivity contribution in [1.29, 1.82) is 0 Å². The van der Waals surface area contributed by atoms with Crippen molar-refractivity contribution >= 4 is 5.82 Å². The summed E-state index contributed by atoms with van der Waals surface area (Å²) in [5.74, 6) is 0.123. The van der Waals surface area contributed by atoms with Crippen LogP contribution >= 0.6 is 0 Å². The molecule has 1 aliphatic rings. The van der Waals surface area contributed by atoms with E-state index in [1.807, 2.05) is 0 Å². The van der Waals surface area contributed by atoms with Crippen LogP contribution in [0.2, 0.25) is 0 Å². The van der Waals surface area contributed by atoms with Gasteiger partial charge in [-0.3, -0.25) is 14.3 Å². The van der Waals surface area contributed by atoms with Crippen LogP contribution in [0.4, 0.5) is 5.82 Å². The third-order valence-electron chi connectivity index (χ3n) is 3.85. The highest BCUT2D eigenvalue weighted by atomic mass is 16.5. The van der Waals surface area contributed by atoms with Crippen LogP contribution in [0.25, 0.3) is 0 Å². The van der Waals surface area contributed by atoms with Gasteiger partial charge in [0.25, 0.3) is 5.56 Å². The van der Waals surface area contributed by atoms with Gasteiger partial charge in [0, 0.05) is 31.4 Å². The van der Waals surface area contributed by atoms with Crippen molar-refractivity contribution in [3.8, 4) is 0 Å². The van der Waals surface area contributed by atoms with E-state index in [9.17, 15) is 9.59 Å². The summed E-state index contributed by atoms with van der Waals surface area (Å²) in [6.07, 6.45) is 1.16. The second kappa shape index (κ2) is 6.83. The summed E-state index contributed by atoms with van der Waals surface area (Å²) in [5.41, 5.74) is -0.970. The van der Waals surface area contributed by atoms with E-state index < -0.39 is 35.4 Å². The van der Waals surface area contributed by atoms with Crippen molar-refractivity contribution in [3.05, 3.63) is 62.7 Å². The molecule has 6 heteroatoms. The fourth-order valence-electron chi connectivity index (χ4n) is 2.65. The molecule has 1 aliphatic heterocycles. The Morgan fingerprint density at radius 1 is 1.30 bits per heavy atom. The lowest BCUT2D eigenvalue weighted by Gasteiger charge is -2.23. The molecule has 122 valence electrons. The number of rotatable bonds is 4. The molecule has 2 aromatic rings. The van der Waals surface area contributed by atoms with Crippen molar-refractivity contribution in [1.82, 2.24) is 9.55 Å². The van der Waals surface area contributed by atoms with Gasteiger partial charge in [-0.15, -0.1) is 0 Å². The standard InChI is InChI=1S/C17H21N3O3/c1-12(13-5-3-2-4-6-13)18-15-11-16(21)20(17(22)19-15)14-7-9-23-10-8-14/h2-6,11-12,14,18H,7-10H2,1H3,(H,19,22)/t12-/m0/s1/i2D,3D,4D,5D,6D. The molecular formula is C17H21N3O3. The number of ether oxygens (including phenoxy) is 1. The summed E-state index contributed by atoms with van der Waals surface area (Å²) < 4.78 is 45.7. The van der Waals surface area contributed by atoms with Gasteiger partial charge in [0.1, 0.15) is 5.82 Å². The Morgan fingerprint density at radius 3 is 2.65 bits per heavy atom. The summed E-state index contributed by atoms with van der Waals surface area (Å²) in [6.45, 7) is 2.57. The lowest BCUT2D eigenvalue weighted by molar-refractivity contribution is 0.0674. The zero-order valence-corrected chi connectivity index (χ0v) is 12.7. The lowest BCUT2D eigenvalue weighted by Crippen LogP contribution is -2.40. The third kappa shape index (κ3) is 3.53. The molecule has 0 radical (unpaired) electrons. The molecule has 2 N–H and O–H groups in total. The Kier molecular flexibility index (Phi) is 3.10. The normalized spacial score (nSPS) is 20.0. The first-order valence-corrected chi connectivity index (χ1v) is 7.49. The average Bonchev–Trinajstić information content (AvgIpc) is 2.65. The smallest absolute Gasteiger partial charge is 0.330 e. The monoisotopic (exact) mass is 320 g/mol. The number of anilines is 1. The van der Waals surface area contributed by atoms with E-state index in [1.165, 1.54) is 10.6 Å². The number of hydrogen-bond acceptors (Lipinski definition) is 4. The Labute approximate surface area is 141 Å². The molecular weight excluding hydrogens is 294 g/mol. The second-order valence-electron chi connectivity index (χ2n) is 5.44. The summed E-state index contributed by atoms with van der Waals surface area (Å²) in [4.78, 5) is 27.5. The first-order valence-electron chi connectivity index (χ1n) is 9.99. The van der Waals surface area contributed by atoms with Crippen molar-refractivity contribution in [2.24, 2.45) is 0 Å². The van der Waals surface area contributed by atoms with Gasteiger partial charge in [-0.1, -0.05) is 30.2 Å². The summed E-state index contributed by atoms with van der Waals surface area (Å²) in [6, 6.07) is -1.73. The minimum atomic E-state index is -0.734. The predicted molar refractivity (Wildman–Crippen MR) is 88.9 cm³/mol. The van der Waals surface area contributed by atoms with E-state index in [4.69, 9.17) is 11.6 Å². The zero-order chi connectivity index (χ0) is 20.6. The fourth-order valence-corrected chi connectivity index (χ4v) is 2.65. The maximum Gasteiger partial charge on any atom is 0.330 e. The van der Waals surface area contributed by atoms with Gasteiger partial charge in [-0.2, -0.15) is 0 Å². The SMILES string of the molecule is [2H]c1c([2H])c([2H])c([C@H](C)Nc2cc(=O)n(C3CCOCC3)c(=O)[nH]2)c([2H])c1[2H]. The number of nitrogens with zero attached hydrogens (tertiary/aromatic N) is 1. The van der Waals surface area contributed by atoms with E-state index in [-0.39, 0.29) is 29.5 Å². The molecule has 0 saturated carbocycles. The molecule has 0 bridgehead atoms. The lowest BCUT2D eigenvalue weighted by atomic mass is 10.1. The molecule has 1 aromatic heterocycles. The van der Waals surface area contributed by atoms with Gasteiger partial charge in [0.2, 0.25) is 0 Å². The Bertz CT molecular complexity index is 954. The highest BCUT2D eigenvalue weighted by Crippen LogP contribution is 2.18. The first-order chi connectivity index (χ1) is 13.2. The van der Waals surface area contributed by atoms with E-state index in [0.29, 0.717) is 26.1 Å². The summed E-state index contributed by atoms with van der Waals surface area (Å²) in [5, 5.41) is 2.86. The highest BCUT2D eigenvalue weighted by Gasteiger charge is 2.19. The Balaban J connectivity index is 1.93. The topological polar surface area (TPSA) is 76.1 Å². The van der Waals surface area contributed by atoms with Crippen LogP contribution in [-0.2, 0) is 4.74 Å². The second-order valence-corrected chi connectivity index (χ2v) is 5.44. The molecule has 23 heavy (non-hydrogen) atoms. The number of H-pyrrole nitrogens is 1. The number of aromatic nitrogens is 2. The average molecular weight is 320 g/mol. The highest BCUT2D eigenvalue weighted by molar-refractivity contribution is 5.36. The van der Waals surface area contributed by atoms with Gasteiger partial charge < -0.3 is 10.1 Å². The molecule has 0 unspecified atom stereocenters. The molecule has 3 rings (SSSR count). The van der Waals surface area contributed by atoms with Crippen LogP contribution < -0.4 is 16.6 Å². The van der Waals surface area contributed by atoms with Crippen molar-refractivity contribution < 1.29 is 11.6 Å². The number of aromatic amines is 1. The van der Waals surface area contributed by atoms with Crippen LogP contribution in [0, 0.1) is 0 Å². The molecule has 2 heterocycles. The fraction of sp³-hybridized carbons (Fsp3) is 0.412. The van der Waals surface area contributed by atoms with Crippen LogP contribution in [0.5, 0.6) is 0 Å². The van der Waals surface area contributed by atoms with Crippen LogP contribution in [0.3, 0.4) is 0 Å². The number of nitrogens with one attached hydrogen (secondary N) is 2. The minimum Gasteiger partial charge on any atom is -0.381 e. The van der Waals surface area contributed by atoms with Gasteiger partial charge in [0.05, 0.1) is 6.85 Å². The minimum absolute atomic E-state index is 0.0560. The van der Waals surface area contributed by atoms with Gasteiger partial charge in [-0.25, -0.2) is 4.79 Å². The molecule has 6 nitrogen and oxygen atoms in total. The molecule has 0 amide bonds. The van der Waals surface area contributed by atoms with E-state index in [2.05, 4.69) is 10.3 Å². The predicted octanol–water partition coefficient (Wildman–Crippen LogP) is 2.06. The molecule has 0 aliphatic carbocycles. The number of hydrogen-bond donors (Lipinski definition) is 2. The summed E-state index contributed by atoms with van der Waals surface area (Å²) >= 11 is 0. The molecule has 0 spiro atoms. The molecule has 1 atom stereocenters. The van der Waals surface area contributed by atoms with Crippen molar-refractivity contribution in [2.45, 2.75) is 31.8 Å². The Hall–Kier alpha value is -2.34. The zero-order valence-electron chi connectivity index (χ0n) is 17.7. The molecule has 1 saturated heterocycles. The van der Waals surface area contributed by atoms with Crippen LogP contribution in [0.15, 0.2) is 45.9 Å². The first kappa shape index (κ1) is 10.4. The van der Waals surface area contributed by atoms with Crippen molar-refractivity contribution in [2.75, 3.05) is 18.5 Å². The largest absolute Gasteiger partial charge is 0.381 e. The maximum atomic E-state index is 12.5. The van der Waals surface area contributed by atoms with E-state index >= 15 is 0 Å². The maximum absolute atomic E-state index is 12.5. The quantitative estimate of drug-likeness (QED) is 0.904. The number of benzene rings is 1. The molecule has 1 aromatic carbocycles. The Morgan fingerprint density at radius 2 is 2.00 bits per heavy atom. The van der Waals surface area contributed by atoms with Crippen LogP contribution in [-0.4, -0.2) is 22.8 Å². The van der Waals surface area contributed by atoms with E-state index in [0.717, 1.165) is 0 Å². The summed E-state index contributed by atoms with van der Waals surface area (Å²) in [7, 11) is 0. The van der Waals surface area contributed by atoms with Gasteiger partial charge >= 0.3 is 5.69 Å².